The second-order valence-corrected chi connectivity index (χ2v) is 8.85. The van der Waals surface area contributed by atoms with E-state index in [1.54, 1.807) is 24.3 Å². The summed E-state index contributed by atoms with van der Waals surface area (Å²) >= 11 is 0. The zero-order chi connectivity index (χ0) is 19.5. The van der Waals surface area contributed by atoms with Crippen molar-refractivity contribution in [1.29, 1.82) is 0 Å². The first-order valence-corrected chi connectivity index (χ1v) is 10.4. The number of aryl methyl sites for hydroxylation is 2. The van der Waals surface area contributed by atoms with E-state index in [2.05, 4.69) is 5.32 Å². The highest BCUT2D eigenvalue weighted by Crippen LogP contribution is 2.23. The summed E-state index contributed by atoms with van der Waals surface area (Å²) < 4.78 is 26.0. The van der Waals surface area contributed by atoms with Crippen LogP contribution >= 0.6 is 0 Å². The number of carbonyl (C=O) groups excluding carboxylic acids is 1. The van der Waals surface area contributed by atoms with Gasteiger partial charge in [0.15, 0.2) is 0 Å². The second-order valence-electron chi connectivity index (χ2n) is 6.94. The van der Waals surface area contributed by atoms with Gasteiger partial charge in [-0.1, -0.05) is 18.2 Å². The average molecular weight is 375 g/mol. The summed E-state index contributed by atoms with van der Waals surface area (Å²) in [5.41, 5.74) is 4.03. The van der Waals surface area contributed by atoms with Gasteiger partial charge in [-0.05, 0) is 68.7 Å². The number of anilines is 1. The van der Waals surface area contributed by atoms with Crippen molar-refractivity contribution in [2.75, 3.05) is 10.6 Å². The quantitative estimate of drug-likeness (QED) is 0.843. The molecule has 1 N–H and O–H groups in total. The molecular formula is C20H26N2O3S. The van der Waals surface area contributed by atoms with Crippen LogP contribution in [0, 0.1) is 13.8 Å². The fourth-order valence-electron chi connectivity index (χ4n) is 2.77. The first kappa shape index (κ1) is 20.0. The summed E-state index contributed by atoms with van der Waals surface area (Å²) in [5, 5.41) is 2.84. The molecular weight excluding hydrogens is 348 g/mol. The molecule has 0 aliphatic heterocycles. The van der Waals surface area contributed by atoms with E-state index in [9.17, 15) is 13.2 Å². The van der Waals surface area contributed by atoms with Crippen LogP contribution in [0.25, 0.3) is 0 Å². The molecule has 1 amide bonds. The predicted octanol–water partition coefficient (Wildman–Crippen LogP) is 3.41. The Morgan fingerprint density at radius 1 is 1.04 bits per heavy atom. The van der Waals surface area contributed by atoms with Crippen LogP contribution in [0.3, 0.4) is 0 Å². The number of amides is 1. The Balaban J connectivity index is 2.28. The van der Waals surface area contributed by atoms with Gasteiger partial charge < -0.3 is 5.32 Å². The van der Waals surface area contributed by atoms with Crippen molar-refractivity contribution in [1.82, 2.24) is 5.32 Å². The van der Waals surface area contributed by atoms with Crippen LogP contribution in [0.5, 0.6) is 0 Å². The van der Waals surface area contributed by atoms with Crippen LogP contribution in [-0.4, -0.2) is 26.6 Å². The summed E-state index contributed by atoms with van der Waals surface area (Å²) in [5.74, 6) is -0.138. The van der Waals surface area contributed by atoms with Crippen molar-refractivity contribution in [2.24, 2.45) is 0 Å². The number of benzene rings is 2. The molecule has 5 nitrogen and oxygen atoms in total. The van der Waals surface area contributed by atoms with E-state index in [0.29, 0.717) is 11.3 Å². The zero-order valence-electron chi connectivity index (χ0n) is 15.9. The molecule has 0 fully saturated rings. The van der Waals surface area contributed by atoms with E-state index in [0.717, 1.165) is 16.7 Å². The summed E-state index contributed by atoms with van der Waals surface area (Å²) in [6.45, 7) is 7.91. The highest BCUT2D eigenvalue weighted by atomic mass is 32.2. The fraction of sp³-hybridized carbons (Fsp3) is 0.350. The van der Waals surface area contributed by atoms with E-state index in [-0.39, 0.29) is 18.5 Å². The van der Waals surface area contributed by atoms with Crippen molar-refractivity contribution in [2.45, 2.75) is 40.3 Å². The molecule has 0 saturated carbocycles. The minimum absolute atomic E-state index is 0.0625. The van der Waals surface area contributed by atoms with Crippen LogP contribution in [0.4, 0.5) is 5.69 Å². The molecule has 0 heterocycles. The van der Waals surface area contributed by atoms with Gasteiger partial charge >= 0.3 is 0 Å². The van der Waals surface area contributed by atoms with E-state index >= 15 is 0 Å². The Morgan fingerprint density at radius 2 is 1.58 bits per heavy atom. The SMILES string of the molecule is Cc1cc(C)cc(N(Cc2ccc(C(=O)NC(C)C)cc2)S(C)(=O)=O)c1. The van der Waals surface area contributed by atoms with Crippen molar-refractivity contribution < 1.29 is 13.2 Å². The van der Waals surface area contributed by atoms with Gasteiger partial charge in [-0.2, -0.15) is 0 Å². The average Bonchev–Trinajstić information content (AvgIpc) is 2.50. The van der Waals surface area contributed by atoms with Gasteiger partial charge in [0.05, 0.1) is 18.5 Å². The van der Waals surface area contributed by atoms with Gasteiger partial charge in [0.2, 0.25) is 10.0 Å². The molecule has 2 rings (SSSR count). The van der Waals surface area contributed by atoms with E-state index < -0.39 is 10.0 Å². The summed E-state index contributed by atoms with van der Waals surface area (Å²) in [7, 11) is -3.44. The molecule has 2 aromatic carbocycles. The Morgan fingerprint density at radius 3 is 2.04 bits per heavy atom. The van der Waals surface area contributed by atoms with Crippen molar-refractivity contribution in [3.05, 3.63) is 64.7 Å². The van der Waals surface area contributed by atoms with Gasteiger partial charge in [0.25, 0.3) is 5.91 Å². The molecule has 0 aromatic heterocycles. The van der Waals surface area contributed by atoms with Gasteiger partial charge in [-0.25, -0.2) is 8.42 Å². The molecule has 0 unspecified atom stereocenters. The number of rotatable bonds is 6. The molecule has 6 heteroatoms. The molecule has 0 atom stereocenters. The van der Waals surface area contributed by atoms with Crippen LogP contribution < -0.4 is 9.62 Å². The lowest BCUT2D eigenvalue weighted by Gasteiger charge is -2.23. The number of nitrogens with zero attached hydrogens (tertiary/aromatic N) is 1. The van der Waals surface area contributed by atoms with E-state index in [1.807, 2.05) is 45.9 Å². The lowest BCUT2D eigenvalue weighted by atomic mass is 10.1. The third-order valence-corrected chi connectivity index (χ3v) is 5.00. The summed E-state index contributed by atoms with van der Waals surface area (Å²) in [6, 6.07) is 12.8. The standard InChI is InChI=1S/C20H26N2O3S/c1-14(2)21-20(23)18-8-6-17(7-9-18)13-22(26(5,24)25)19-11-15(3)10-16(4)12-19/h6-12,14H,13H2,1-5H3,(H,21,23). The van der Waals surface area contributed by atoms with Crippen molar-refractivity contribution >= 4 is 21.6 Å². The van der Waals surface area contributed by atoms with Crippen LogP contribution in [-0.2, 0) is 16.6 Å². The van der Waals surface area contributed by atoms with Crippen molar-refractivity contribution in [3.8, 4) is 0 Å². The second kappa shape index (κ2) is 7.91. The van der Waals surface area contributed by atoms with E-state index in [4.69, 9.17) is 0 Å². The minimum Gasteiger partial charge on any atom is -0.350 e. The van der Waals surface area contributed by atoms with Crippen LogP contribution in [0.15, 0.2) is 42.5 Å². The number of hydrogen-bond acceptors (Lipinski definition) is 3. The summed E-state index contributed by atoms with van der Waals surface area (Å²) in [6.07, 6.45) is 1.20. The lowest BCUT2D eigenvalue weighted by molar-refractivity contribution is 0.0943. The smallest absolute Gasteiger partial charge is 0.251 e. The van der Waals surface area contributed by atoms with Crippen LogP contribution in [0.1, 0.15) is 40.9 Å². The predicted molar refractivity (Wildman–Crippen MR) is 106 cm³/mol. The topological polar surface area (TPSA) is 66.5 Å². The molecule has 140 valence electrons. The third kappa shape index (κ3) is 5.33. The highest BCUT2D eigenvalue weighted by molar-refractivity contribution is 7.92. The first-order valence-electron chi connectivity index (χ1n) is 8.52. The van der Waals surface area contributed by atoms with Crippen LogP contribution in [0.2, 0.25) is 0 Å². The summed E-state index contributed by atoms with van der Waals surface area (Å²) in [4.78, 5) is 12.0. The number of carbonyl (C=O) groups is 1. The maximum Gasteiger partial charge on any atom is 0.251 e. The maximum atomic E-state index is 12.3. The molecule has 0 radical (unpaired) electrons. The number of nitrogens with one attached hydrogen (secondary N) is 1. The third-order valence-electron chi connectivity index (χ3n) is 3.86. The monoisotopic (exact) mass is 374 g/mol. The van der Waals surface area contributed by atoms with E-state index in [1.165, 1.54) is 10.6 Å². The van der Waals surface area contributed by atoms with Gasteiger partial charge in [0, 0.05) is 11.6 Å². The number of hydrogen-bond donors (Lipinski definition) is 1. The lowest BCUT2D eigenvalue weighted by Crippen LogP contribution is -2.30. The highest BCUT2D eigenvalue weighted by Gasteiger charge is 2.19. The molecule has 0 aliphatic rings. The molecule has 0 spiro atoms. The van der Waals surface area contributed by atoms with Gasteiger partial charge in [-0.3, -0.25) is 9.10 Å². The normalized spacial score (nSPS) is 11.5. The first-order chi connectivity index (χ1) is 12.1. The molecule has 0 saturated heterocycles. The maximum absolute atomic E-state index is 12.3. The fourth-order valence-corrected chi connectivity index (χ4v) is 3.64. The molecule has 0 bridgehead atoms. The molecule has 2 aromatic rings. The Labute approximate surface area is 156 Å². The van der Waals surface area contributed by atoms with Gasteiger partial charge in [0.1, 0.15) is 0 Å². The minimum atomic E-state index is -3.44. The number of sulfonamides is 1. The molecule has 26 heavy (non-hydrogen) atoms. The zero-order valence-corrected chi connectivity index (χ0v) is 16.7. The molecule has 0 aliphatic carbocycles. The Kier molecular flexibility index (Phi) is 6.08. The van der Waals surface area contributed by atoms with Crippen molar-refractivity contribution in [3.63, 3.8) is 0 Å². The largest absolute Gasteiger partial charge is 0.350 e. The van der Waals surface area contributed by atoms with Gasteiger partial charge in [-0.15, -0.1) is 0 Å². The Hall–Kier alpha value is -2.34. The Bertz CT molecular complexity index is 868.